The first-order chi connectivity index (χ1) is 16.7. The number of sulfonamides is 1. The second-order valence-corrected chi connectivity index (χ2v) is 10.7. The molecule has 4 aromatic rings. The molecule has 1 amide bonds. The molecule has 0 bridgehead atoms. The van der Waals surface area contributed by atoms with Gasteiger partial charge in [0.05, 0.1) is 20.0 Å². The van der Waals surface area contributed by atoms with Crippen molar-refractivity contribution in [1.82, 2.24) is 8.87 Å². The van der Waals surface area contributed by atoms with Gasteiger partial charge < -0.3 is 4.57 Å². The molecule has 0 aliphatic carbocycles. The third kappa shape index (κ3) is 5.06. The van der Waals surface area contributed by atoms with Crippen molar-refractivity contribution in [1.29, 1.82) is 0 Å². The Morgan fingerprint density at radius 2 is 1.77 bits per heavy atom. The Morgan fingerprint density at radius 1 is 1.09 bits per heavy atom. The zero-order chi connectivity index (χ0) is 25.2. The number of carbonyl (C=O) groups excluding carboxylic acids is 1. The average molecular weight is 511 g/mol. The van der Waals surface area contributed by atoms with E-state index in [-0.39, 0.29) is 22.7 Å². The third-order valence-corrected chi connectivity index (χ3v) is 8.54. The summed E-state index contributed by atoms with van der Waals surface area (Å²) < 4.78 is 30.0. The van der Waals surface area contributed by atoms with E-state index in [2.05, 4.69) is 4.99 Å². The maximum absolute atomic E-state index is 13.1. The molecule has 35 heavy (non-hydrogen) atoms. The van der Waals surface area contributed by atoms with E-state index in [4.69, 9.17) is 0 Å². The molecule has 0 saturated carbocycles. The maximum Gasteiger partial charge on any atom is 0.279 e. The number of carbonyl (C=O) groups is 1. The van der Waals surface area contributed by atoms with Crippen molar-refractivity contribution >= 4 is 43.2 Å². The first-order valence-corrected chi connectivity index (χ1v) is 12.9. The molecule has 4 rings (SSSR count). The monoisotopic (exact) mass is 510 g/mol. The minimum atomic E-state index is -3.75. The summed E-state index contributed by atoms with van der Waals surface area (Å²) in [7, 11) is -2.07. The largest absolute Gasteiger partial charge is 0.319 e. The molecule has 0 aliphatic rings. The van der Waals surface area contributed by atoms with Gasteiger partial charge in [-0.05, 0) is 35.9 Å². The molecular formula is C24H22N4O5S2. The Hall–Kier alpha value is -3.67. The van der Waals surface area contributed by atoms with Gasteiger partial charge in [0, 0.05) is 37.8 Å². The van der Waals surface area contributed by atoms with E-state index in [1.54, 1.807) is 24.6 Å². The van der Waals surface area contributed by atoms with E-state index in [9.17, 15) is 23.3 Å². The van der Waals surface area contributed by atoms with Gasteiger partial charge in [0.2, 0.25) is 10.0 Å². The predicted molar refractivity (Wildman–Crippen MR) is 133 cm³/mol. The van der Waals surface area contributed by atoms with Gasteiger partial charge in [-0.2, -0.15) is 9.30 Å². The van der Waals surface area contributed by atoms with Gasteiger partial charge in [-0.3, -0.25) is 14.9 Å². The Labute approximate surface area is 205 Å². The van der Waals surface area contributed by atoms with E-state index < -0.39 is 20.9 Å². The lowest BCUT2D eigenvalue weighted by Crippen LogP contribution is -2.30. The van der Waals surface area contributed by atoms with Gasteiger partial charge in [0.15, 0.2) is 4.80 Å². The predicted octanol–water partition coefficient (Wildman–Crippen LogP) is 4.10. The summed E-state index contributed by atoms with van der Waals surface area (Å²) in [4.78, 5) is 28.0. The summed E-state index contributed by atoms with van der Waals surface area (Å²) in [5.41, 5.74) is 1.66. The van der Waals surface area contributed by atoms with Gasteiger partial charge in [0.25, 0.3) is 11.6 Å². The van der Waals surface area contributed by atoms with Crippen molar-refractivity contribution in [3.63, 3.8) is 0 Å². The second-order valence-electron chi connectivity index (χ2n) is 7.71. The number of nitro groups is 1. The van der Waals surface area contributed by atoms with Crippen LogP contribution in [0.15, 0.2) is 82.7 Å². The highest BCUT2D eigenvalue weighted by molar-refractivity contribution is 7.89. The molecule has 0 spiro atoms. The molecule has 1 aromatic heterocycles. The van der Waals surface area contributed by atoms with Crippen molar-refractivity contribution in [2.75, 3.05) is 6.54 Å². The minimum absolute atomic E-state index is 0.0473. The van der Waals surface area contributed by atoms with Crippen molar-refractivity contribution in [2.24, 2.45) is 12.0 Å². The van der Waals surface area contributed by atoms with Crippen LogP contribution in [-0.2, 0) is 23.6 Å². The normalized spacial score (nSPS) is 12.4. The molecule has 0 radical (unpaired) electrons. The van der Waals surface area contributed by atoms with E-state index >= 15 is 0 Å². The summed E-state index contributed by atoms with van der Waals surface area (Å²) in [5.74, 6) is -0.540. The number of benzene rings is 3. The number of rotatable bonds is 7. The van der Waals surface area contributed by atoms with Crippen LogP contribution in [0, 0.1) is 10.1 Å². The van der Waals surface area contributed by atoms with Crippen molar-refractivity contribution < 1.29 is 18.1 Å². The summed E-state index contributed by atoms with van der Waals surface area (Å²) in [6.07, 6.45) is 0. The number of hydrogen-bond donors (Lipinski definition) is 0. The SMILES string of the molecule is CCN(Cc1ccccc1)S(=O)(=O)c1ccc(C(=O)N=c2sc3ccc([N+](=O)[O-])cc3n2C)cc1. The highest BCUT2D eigenvalue weighted by Gasteiger charge is 2.23. The number of fused-ring (bicyclic) bond motifs is 1. The average Bonchev–Trinajstić information content (AvgIpc) is 3.17. The maximum atomic E-state index is 13.1. The Morgan fingerprint density at radius 3 is 2.40 bits per heavy atom. The number of amides is 1. The van der Waals surface area contributed by atoms with Crippen LogP contribution in [0.4, 0.5) is 5.69 Å². The lowest BCUT2D eigenvalue weighted by Gasteiger charge is -2.20. The molecule has 9 nitrogen and oxygen atoms in total. The lowest BCUT2D eigenvalue weighted by molar-refractivity contribution is -0.384. The Balaban J connectivity index is 1.60. The standard InChI is InChI=1S/C24H22N4O5S2/c1-3-27(16-17-7-5-4-6-8-17)35(32,33)20-12-9-18(10-13-20)23(29)25-24-26(2)21-15-19(28(30)31)11-14-22(21)34-24/h4-15H,3,16H2,1-2H3. The van der Waals surface area contributed by atoms with Crippen LogP contribution in [0.2, 0.25) is 0 Å². The van der Waals surface area contributed by atoms with Crippen LogP contribution in [0.25, 0.3) is 10.2 Å². The number of non-ortho nitro benzene ring substituents is 1. The van der Waals surface area contributed by atoms with E-state index in [1.807, 2.05) is 30.3 Å². The number of thiazole rings is 1. The molecule has 0 aliphatic heterocycles. The molecule has 0 unspecified atom stereocenters. The fourth-order valence-corrected chi connectivity index (χ4v) is 5.99. The smallest absolute Gasteiger partial charge is 0.279 e. The summed E-state index contributed by atoms with van der Waals surface area (Å²) in [5, 5.41) is 11.1. The van der Waals surface area contributed by atoms with Gasteiger partial charge in [-0.1, -0.05) is 48.6 Å². The first kappa shape index (κ1) is 24.5. The fourth-order valence-electron chi connectivity index (χ4n) is 3.56. The fraction of sp³-hybridized carbons (Fsp3) is 0.167. The quantitative estimate of drug-likeness (QED) is 0.274. The number of hydrogen-bond acceptors (Lipinski definition) is 6. The van der Waals surface area contributed by atoms with Gasteiger partial charge in [-0.15, -0.1) is 0 Å². The first-order valence-electron chi connectivity index (χ1n) is 10.7. The number of nitro benzene ring substituents is 1. The van der Waals surface area contributed by atoms with E-state index in [0.717, 1.165) is 10.3 Å². The van der Waals surface area contributed by atoms with E-state index in [1.165, 1.54) is 52.0 Å². The van der Waals surface area contributed by atoms with Crippen molar-refractivity contribution in [3.8, 4) is 0 Å². The highest BCUT2D eigenvalue weighted by atomic mass is 32.2. The van der Waals surface area contributed by atoms with Crippen LogP contribution in [0.1, 0.15) is 22.8 Å². The molecular weight excluding hydrogens is 488 g/mol. The summed E-state index contributed by atoms with van der Waals surface area (Å²) in [6.45, 7) is 2.32. The lowest BCUT2D eigenvalue weighted by atomic mass is 10.2. The number of nitrogens with zero attached hydrogens (tertiary/aromatic N) is 4. The highest BCUT2D eigenvalue weighted by Crippen LogP contribution is 2.23. The molecule has 1 heterocycles. The number of aryl methyl sites for hydroxylation is 1. The van der Waals surface area contributed by atoms with Crippen LogP contribution in [0.3, 0.4) is 0 Å². The van der Waals surface area contributed by atoms with Gasteiger partial charge >= 0.3 is 0 Å². The molecule has 0 saturated heterocycles. The Bertz CT molecular complexity index is 1570. The zero-order valence-corrected chi connectivity index (χ0v) is 20.6. The molecule has 3 aromatic carbocycles. The van der Waals surface area contributed by atoms with Crippen molar-refractivity contribution in [3.05, 3.63) is 98.8 Å². The van der Waals surface area contributed by atoms with Crippen LogP contribution < -0.4 is 4.80 Å². The van der Waals surface area contributed by atoms with E-state index in [0.29, 0.717) is 16.9 Å². The van der Waals surface area contributed by atoms with Crippen molar-refractivity contribution in [2.45, 2.75) is 18.4 Å². The molecule has 0 atom stereocenters. The minimum Gasteiger partial charge on any atom is -0.319 e. The van der Waals surface area contributed by atoms with Gasteiger partial charge in [-0.25, -0.2) is 8.42 Å². The summed E-state index contributed by atoms with van der Waals surface area (Å²) >= 11 is 1.23. The molecule has 0 fully saturated rings. The molecule has 0 N–H and O–H groups in total. The van der Waals surface area contributed by atoms with Crippen LogP contribution >= 0.6 is 11.3 Å². The third-order valence-electron chi connectivity index (χ3n) is 5.49. The topological polar surface area (TPSA) is 115 Å². The second kappa shape index (κ2) is 9.90. The Kier molecular flexibility index (Phi) is 6.92. The number of aromatic nitrogens is 1. The zero-order valence-electron chi connectivity index (χ0n) is 19.0. The van der Waals surface area contributed by atoms with Crippen LogP contribution in [-0.4, -0.2) is 34.7 Å². The van der Waals surface area contributed by atoms with Crippen LogP contribution in [0.5, 0.6) is 0 Å². The summed E-state index contributed by atoms with van der Waals surface area (Å²) in [6, 6.07) is 19.5. The van der Waals surface area contributed by atoms with Gasteiger partial charge in [0.1, 0.15) is 0 Å². The molecule has 11 heteroatoms. The molecule has 180 valence electrons.